The summed E-state index contributed by atoms with van der Waals surface area (Å²) in [5.74, 6) is 1.02. The minimum Gasteiger partial charge on any atom is -0.330 e. The first kappa shape index (κ1) is 14.6. The van der Waals surface area contributed by atoms with Crippen LogP contribution in [0, 0.1) is 11.3 Å². The van der Waals surface area contributed by atoms with Crippen LogP contribution in [0.15, 0.2) is 0 Å². The Bertz CT molecular complexity index is 175. The van der Waals surface area contributed by atoms with Gasteiger partial charge < -0.3 is 5.73 Å². The van der Waals surface area contributed by atoms with Gasteiger partial charge in [0.05, 0.1) is 0 Å². The molecule has 0 saturated heterocycles. The Kier molecular flexibility index (Phi) is 6.82. The van der Waals surface area contributed by atoms with Crippen LogP contribution in [-0.2, 0) is 4.79 Å². The fraction of sp³-hybridized carbons (Fsp3) is 0.923. The summed E-state index contributed by atoms with van der Waals surface area (Å²) in [5.41, 5.74) is 5.39. The van der Waals surface area contributed by atoms with E-state index in [1.807, 2.05) is 20.8 Å². The maximum atomic E-state index is 11.7. The zero-order valence-corrected chi connectivity index (χ0v) is 10.8. The molecule has 0 aromatic carbocycles. The third-order valence-electron chi connectivity index (χ3n) is 2.89. The highest BCUT2D eigenvalue weighted by Crippen LogP contribution is 2.22. The Morgan fingerprint density at radius 3 is 2.20 bits per heavy atom. The van der Waals surface area contributed by atoms with E-state index in [0.717, 1.165) is 19.4 Å². The van der Waals surface area contributed by atoms with Gasteiger partial charge in [-0.15, -0.1) is 0 Å². The maximum Gasteiger partial charge on any atom is 0.138 e. The van der Waals surface area contributed by atoms with Crippen molar-refractivity contribution in [2.75, 3.05) is 6.54 Å². The summed E-state index contributed by atoms with van der Waals surface area (Å²) in [6, 6.07) is 0. The van der Waals surface area contributed by atoms with E-state index in [9.17, 15) is 4.79 Å². The van der Waals surface area contributed by atoms with Gasteiger partial charge in [0.2, 0.25) is 0 Å². The summed E-state index contributed by atoms with van der Waals surface area (Å²) in [6.45, 7) is 8.91. The number of carbonyl (C=O) groups is 1. The van der Waals surface area contributed by atoms with E-state index >= 15 is 0 Å². The van der Waals surface area contributed by atoms with E-state index in [4.69, 9.17) is 5.73 Å². The summed E-state index contributed by atoms with van der Waals surface area (Å²) in [6.07, 6.45) is 5.18. The van der Waals surface area contributed by atoms with Crippen molar-refractivity contribution in [2.45, 2.75) is 59.8 Å². The Morgan fingerprint density at radius 1 is 1.20 bits per heavy atom. The molecule has 0 aromatic rings. The average molecular weight is 213 g/mol. The highest BCUT2D eigenvalue weighted by atomic mass is 16.1. The Morgan fingerprint density at radius 2 is 1.80 bits per heavy atom. The zero-order chi connectivity index (χ0) is 11.9. The van der Waals surface area contributed by atoms with Crippen molar-refractivity contribution >= 4 is 5.78 Å². The summed E-state index contributed by atoms with van der Waals surface area (Å²) in [4.78, 5) is 11.7. The lowest BCUT2D eigenvalue weighted by Crippen LogP contribution is -2.21. The third-order valence-corrected chi connectivity index (χ3v) is 2.89. The summed E-state index contributed by atoms with van der Waals surface area (Å²) >= 11 is 0. The molecule has 0 aliphatic rings. The largest absolute Gasteiger partial charge is 0.330 e. The van der Waals surface area contributed by atoms with Crippen LogP contribution in [0.1, 0.15) is 59.8 Å². The Hall–Kier alpha value is -0.370. The topological polar surface area (TPSA) is 43.1 Å². The molecule has 1 atom stereocenters. The van der Waals surface area contributed by atoms with Gasteiger partial charge in [0.15, 0.2) is 0 Å². The van der Waals surface area contributed by atoms with Gasteiger partial charge in [0, 0.05) is 11.8 Å². The number of rotatable bonds is 7. The lowest BCUT2D eigenvalue weighted by molar-refractivity contribution is -0.126. The predicted octanol–water partition coefficient (Wildman–Crippen LogP) is 3.15. The fourth-order valence-electron chi connectivity index (χ4n) is 1.79. The van der Waals surface area contributed by atoms with E-state index < -0.39 is 0 Å². The number of nitrogens with two attached hydrogens (primary N) is 1. The monoisotopic (exact) mass is 213 g/mol. The van der Waals surface area contributed by atoms with Crippen LogP contribution in [0.5, 0.6) is 0 Å². The van der Waals surface area contributed by atoms with Crippen molar-refractivity contribution in [3.8, 4) is 0 Å². The van der Waals surface area contributed by atoms with Gasteiger partial charge in [-0.25, -0.2) is 0 Å². The number of hydrogen-bond acceptors (Lipinski definition) is 2. The van der Waals surface area contributed by atoms with Crippen molar-refractivity contribution in [3.63, 3.8) is 0 Å². The Balaban J connectivity index is 3.93. The molecule has 0 aromatic heterocycles. The van der Waals surface area contributed by atoms with Gasteiger partial charge in [-0.05, 0) is 25.3 Å². The maximum absolute atomic E-state index is 11.7. The molecule has 0 amide bonds. The molecule has 0 bridgehead atoms. The highest BCUT2D eigenvalue weighted by Gasteiger charge is 2.21. The summed E-state index contributed by atoms with van der Waals surface area (Å²) in [7, 11) is 0. The molecule has 0 fully saturated rings. The number of ketones is 1. The lowest BCUT2D eigenvalue weighted by atomic mass is 9.85. The first-order valence-corrected chi connectivity index (χ1v) is 6.15. The number of Topliss-reactive ketones (excluding diaryl/α,β-unsaturated/α-hetero) is 1. The molecule has 2 N–H and O–H groups in total. The molecule has 2 heteroatoms. The number of carbonyl (C=O) groups excluding carboxylic acids is 1. The SMILES string of the molecule is CCCC(CCN)CCC(=O)C(C)(C)C. The van der Waals surface area contributed by atoms with Crippen molar-refractivity contribution in [2.24, 2.45) is 17.1 Å². The van der Waals surface area contributed by atoms with Crippen molar-refractivity contribution < 1.29 is 4.79 Å². The molecule has 0 aliphatic heterocycles. The molecule has 0 saturated carbocycles. The van der Waals surface area contributed by atoms with Gasteiger partial charge in [-0.1, -0.05) is 40.5 Å². The summed E-state index contributed by atoms with van der Waals surface area (Å²) < 4.78 is 0. The van der Waals surface area contributed by atoms with Crippen LogP contribution in [0.3, 0.4) is 0 Å². The van der Waals surface area contributed by atoms with Gasteiger partial charge in [-0.3, -0.25) is 4.79 Å². The first-order valence-electron chi connectivity index (χ1n) is 6.15. The second-order valence-electron chi connectivity index (χ2n) is 5.44. The molecule has 90 valence electrons. The van der Waals surface area contributed by atoms with E-state index in [1.165, 1.54) is 12.8 Å². The summed E-state index contributed by atoms with van der Waals surface area (Å²) in [5, 5.41) is 0. The van der Waals surface area contributed by atoms with Gasteiger partial charge in [-0.2, -0.15) is 0 Å². The predicted molar refractivity (Wildman–Crippen MR) is 65.8 cm³/mol. The van der Waals surface area contributed by atoms with Crippen molar-refractivity contribution in [3.05, 3.63) is 0 Å². The van der Waals surface area contributed by atoms with Gasteiger partial charge in [0.1, 0.15) is 5.78 Å². The Labute approximate surface area is 94.6 Å². The first-order chi connectivity index (χ1) is 6.91. The molecule has 1 unspecified atom stereocenters. The van der Waals surface area contributed by atoms with Crippen LogP contribution < -0.4 is 5.73 Å². The smallest absolute Gasteiger partial charge is 0.138 e. The molecule has 0 radical (unpaired) electrons. The quantitative estimate of drug-likeness (QED) is 0.706. The molecule has 0 rings (SSSR count). The van der Waals surface area contributed by atoms with Crippen LogP contribution in [0.2, 0.25) is 0 Å². The van der Waals surface area contributed by atoms with Gasteiger partial charge >= 0.3 is 0 Å². The van der Waals surface area contributed by atoms with E-state index in [0.29, 0.717) is 18.1 Å². The fourth-order valence-corrected chi connectivity index (χ4v) is 1.79. The molecule has 15 heavy (non-hydrogen) atoms. The average Bonchev–Trinajstić information content (AvgIpc) is 2.12. The zero-order valence-electron chi connectivity index (χ0n) is 10.8. The molecular weight excluding hydrogens is 186 g/mol. The van der Waals surface area contributed by atoms with Crippen LogP contribution in [0.25, 0.3) is 0 Å². The van der Waals surface area contributed by atoms with Crippen LogP contribution in [-0.4, -0.2) is 12.3 Å². The second kappa shape index (κ2) is 7.00. The van der Waals surface area contributed by atoms with Crippen LogP contribution in [0.4, 0.5) is 0 Å². The molecule has 0 spiro atoms. The van der Waals surface area contributed by atoms with Crippen molar-refractivity contribution in [1.82, 2.24) is 0 Å². The van der Waals surface area contributed by atoms with Gasteiger partial charge in [0.25, 0.3) is 0 Å². The van der Waals surface area contributed by atoms with Crippen molar-refractivity contribution in [1.29, 1.82) is 0 Å². The standard InChI is InChI=1S/C13H27NO/c1-5-6-11(9-10-14)7-8-12(15)13(2,3)4/h11H,5-10,14H2,1-4H3. The second-order valence-corrected chi connectivity index (χ2v) is 5.44. The lowest BCUT2D eigenvalue weighted by Gasteiger charge is -2.19. The highest BCUT2D eigenvalue weighted by molar-refractivity contribution is 5.83. The molecule has 2 nitrogen and oxygen atoms in total. The number of hydrogen-bond donors (Lipinski definition) is 1. The molecule has 0 heterocycles. The van der Waals surface area contributed by atoms with E-state index in [1.54, 1.807) is 0 Å². The molecular formula is C13H27NO. The minimum absolute atomic E-state index is 0.181. The minimum atomic E-state index is -0.181. The molecule has 0 aliphatic carbocycles. The van der Waals surface area contributed by atoms with Crippen LogP contribution >= 0.6 is 0 Å². The van der Waals surface area contributed by atoms with E-state index in [-0.39, 0.29) is 5.41 Å². The third kappa shape index (κ3) is 6.67. The normalized spacial score (nSPS) is 13.9. The van der Waals surface area contributed by atoms with E-state index in [2.05, 4.69) is 6.92 Å².